The summed E-state index contributed by atoms with van der Waals surface area (Å²) in [7, 11) is 0. The van der Waals surface area contributed by atoms with Crippen LogP contribution >= 0.6 is 0 Å². The van der Waals surface area contributed by atoms with Gasteiger partial charge in [-0.15, -0.1) is 0 Å². The number of halogens is 2. The molecule has 1 aromatic carbocycles. The van der Waals surface area contributed by atoms with Crippen LogP contribution in [0.1, 0.15) is 30.6 Å². The first-order valence-corrected chi connectivity index (χ1v) is 6.79. The number of nitrogens with one attached hydrogen (secondary N) is 1. The summed E-state index contributed by atoms with van der Waals surface area (Å²) in [6, 6.07) is 2.30. The van der Waals surface area contributed by atoms with Crippen molar-refractivity contribution in [2.75, 3.05) is 13.1 Å². The Kier molecular flexibility index (Phi) is 4.35. The lowest BCUT2D eigenvalue weighted by Gasteiger charge is -2.18. The highest BCUT2D eigenvalue weighted by atomic mass is 19.2. The topological polar surface area (TPSA) is 53.2 Å². The minimum Gasteiger partial charge on any atom is -0.360 e. The van der Waals surface area contributed by atoms with E-state index in [-0.39, 0.29) is 16.5 Å². The molecule has 4 nitrogen and oxygen atoms in total. The normalized spacial score (nSPS) is 10.9. The van der Waals surface area contributed by atoms with Gasteiger partial charge in [0.05, 0.1) is 5.56 Å². The van der Waals surface area contributed by atoms with Crippen LogP contribution in [0, 0.1) is 11.6 Å². The van der Waals surface area contributed by atoms with Crippen LogP contribution in [0.25, 0.3) is 10.9 Å². The van der Waals surface area contributed by atoms with E-state index in [9.17, 15) is 18.4 Å². The maximum absolute atomic E-state index is 13.9. The van der Waals surface area contributed by atoms with Crippen molar-refractivity contribution in [2.24, 2.45) is 0 Å². The minimum atomic E-state index is -1.12. The fourth-order valence-electron chi connectivity index (χ4n) is 2.27. The molecule has 0 radical (unpaired) electrons. The summed E-state index contributed by atoms with van der Waals surface area (Å²) < 4.78 is 27.2. The zero-order valence-corrected chi connectivity index (χ0v) is 11.9. The molecule has 0 saturated heterocycles. The number of amides is 1. The SMILES string of the molecule is CCCN(CC)C(=O)C(=O)c1c[nH]c2ccc(F)c(F)c12. The van der Waals surface area contributed by atoms with Crippen molar-refractivity contribution in [3.63, 3.8) is 0 Å². The van der Waals surface area contributed by atoms with Crippen molar-refractivity contribution in [1.82, 2.24) is 9.88 Å². The second-order valence-corrected chi connectivity index (χ2v) is 4.70. The first-order chi connectivity index (χ1) is 10.0. The quantitative estimate of drug-likeness (QED) is 0.681. The second-order valence-electron chi connectivity index (χ2n) is 4.70. The van der Waals surface area contributed by atoms with E-state index >= 15 is 0 Å². The van der Waals surface area contributed by atoms with Gasteiger partial charge in [-0.25, -0.2) is 8.78 Å². The van der Waals surface area contributed by atoms with Gasteiger partial charge in [-0.3, -0.25) is 9.59 Å². The highest BCUT2D eigenvalue weighted by Crippen LogP contribution is 2.24. The maximum Gasteiger partial charge on any atom is 0.295 e. The summed E-state index contributed by atoms with van der Waals surface area (Å²) in [4.78, 5) is 28.5. The predicted octanol–water partition coefficient (Wildman–Crippen LogP) is 2.89. The number of rotatable bonds is 5. The molecule has 21 heavy (non-hydrogen) atoms. The van der Waals surface area contributed by atoms with Gasteiger partial charge in [0.1, 0.15) is 0 Å². The van der Waals surface area contributed by atoms with Gasteiger partial charge in [0, 0.05) is 30.2 Å². The van der Waals surface area contributed by atoms with Crippen LogP contribution in [-0.4, -0.2) is 34.7 Å². The molecule has 0 unspecified atom stereocenters. The molecule has 112 valence electrons. The number of benzene rings is 1. The van der Waals surface area contributed by atoms with Crippen molar-refractivity contribution in [3.05, 3.63) is 35.5 Å². The van der Waals surface area contributed by atoms with Crippen LogP contribution in [-0.2, 0) is 4.79 Å². The summed E-state index contributed by atoms with van der Waals surface area (Å²) in [5.74, 6) is -3.71. The number of carbonyl (C=O) groups excluding carboxylic acids is 2. The Morgan fingerprint density at radius 3 is 2.57 bits per heavy atom. The number of likely N-dealkylation sites (N-methyl/N-ethyl adjacent to an activating group) is 1. The number of hydrogen-bond donors (Lipinski definition) is 1. The van der Waals surface area contributed by atoms with E-state index in [1.165, 1.54) is 17.2 Å². The van der Waals surface area contributed by atoms with Crippen LogP contribution in [0.4, 0.5) is 8.78 Å². The van der Waals surface area contributed by atoms with Crippen LogP contribution in [0.2, 0.25) is 0 Å². The number of nitrogens with zero attached hydrogens (tertiary/aromatic N) is 1. The molecule has 0 aliphatic carbocycles. The van der Waals surface area contributed by atoms with Gasteiger partial charge in [-0.1, -0.05) is 6.92 Å². The Bertz CT molecular complexity index is 694. The van der Waals surface area contributed by atoms with Crippen molar-refractivity contribution in [3.8, 4) is 0 Å². The lowest BCUT2D eigenvalue weighted by atomic mass is 10.1. The highest BCUT2D eigenvalue weighted by molar-refractivity contribution is 6.44. The number of aromatic amines is 1. The summed E-state index contributed by atoms with van der Waals surface area (Å²) >= 11 is 0. The molecule has 1 aromatic heterocycles. The van der Waals surface area contributed by atoms with E-state index in [1.807, 2.05) is 6.92 Å². The lowest BCUT2D eigenvalue weighted by molar-refractivity contribution is -0.126. The Morgan fingerprint density at radius 2 is 1.95 bits per heavy atom. The van der Waals surface area contributed by atoms with E-state index in [4.69, 9.17) is 0 Å². The van der Waals surface area contributed by atoms with Crippen LogP contribution < -0.4 is 0 Å². The van der Waals surface area contributed by atoms with Crippen LogP contribution in [0.15, 0.2) is 18.3 Å². The third-order valence-electron chi connectivity index (χ3n) is 3.34. The minimum absolute atomic E-state index is 0.137. The van der Waals surface area contributed by atoms with E-state index in [0.717, 1.165) is 6.07 Å². The van der Waals surface area contributed by atoms with E-state index in [1.54, 1.807) is 6.92 Å². The number of hydrogen-bond acceptors (Lipinski definition) is 2. The van der Waals surface area contributed by atoms with Crippen LogP contribution in [0.5, 0.6) is 0 Å². The predicted molar refractivity (Wildman–Crippen MR) is 75.1 cm³/mol. The fourth-order valence-corrected chi connectivity index (χ4v) is 2.27. The molecule has 0 spiro atoms. The van der Waals surface area contributed by atoms with Crippen molar-refractivity contribution < 1.29 is 18.4 Å². The summed E-state index contributed by atoms with van der Waals surface area (Å²) in [5.41, 5.74) is 0.144. The van der Waals surface area contributed by atoms with Crippen LogP contribution in [0.3, 0.4) is 0 Å². The average molecular weight is 294 g/mol. The standard InChI is InChI=1S/C15H16F2N2O2/c1-3-7-19(4-2)15(21)14(20)9-8-18-11-6-5-10(16)13(17)12(9)11/h5-6,8,18H,3-4,7H2,1-2H3. The smallest absolute Gasteiger partial charge is 0.295 e. The maximum atomic E-state index is 13.9. The average Bonchev–Trinajstić information content (AvgIpc) is 2.91. The molecular weight excluding hydrogens is 278 g/mol. The summed E-state index contributed by atoms with van der Waals surface area (Å²) in [6.07, 6.45) is 1.96. The molecule has 1 amide bonds. The van der Waals surface area contributed by atoms with Crippen molar-refractivity contribution in [1.29, 1.82) is 0 Å². The number of fused-ring (bicyclic) bond motifs is 1. The molecule has 1 N–H and O–H groups in total. The van der Waals surface area contributed by atoms with Gasteiger partial charge >= 0.3 is 0 Å². The Hall–Kier alpha value is -2.24. The summed E-state index contributed by atoms with van der Waals surface area (Å²) in [5, 5.41) is -0.180. The Labute approximate surface area is 120 Å². The molecule has 2 aromatic rings. The second kappa shape index (κ2) is 6.03. The fraction of sp³-hybridized carbons (Fsp3) is 0.333. The van der Waals surface area contributed by atoms with Gasteiger partial charge in [0.25, 0.3) is 11.7 Å². The van der Waals surface area contributed by atoms with Gasteiger partial charge in [0.2, 0.25) is 0 Å². The number of carbonyl (C=O) groups is 2. The van der Waals surface area contributed by atoms with Gasteiger partial charge in [-0.2, -0.15) is 0 Å². The van der Waals surface area contributed by atoms with Gasteiger partial charge < -0.3 is 9.88 Å². The molecule has 2 rings (SSSR count). The number of ketones is 1. The monoisotopic (exact) mass is 294 g/mol. The van der Waals surface area contributed by atoms with Gasteiger partial charge in [-0.05, 0) is 25.5 Å². The van der Waals surface area contributed by atoms with E-state index in [0.29, 0.717) is 19.5 Å². The van der Waals surface area contributed by atoms with E-state index < -0.39 is 23.3 Å². The third kappa shape index (κ3) is 2.66. The largest absolute Gasteiger partial charge is 0.360 e. The molecule has 0 fully saturated rings. The molecule has 1 heterocycles. The lowest BCUT2D eigenvalue weighted by Crippen LogP contribution is -2.37. The zero-order valence-electron chi connectivity index (χ0n) is 11.9. The third-order valence-corrected chi connectivity index (χ3v) is 3.34. The Morgan fingerprint density at radius 1 is 1.24 bits per heavy atom. The molecule has 0 aliphatic rings. The first-order valence-electron chi connectivity index (χ1n) is 6.79. The number of H-pyrrole nitrogens is 1. The van der Waals surface area contributed by atoms with Crippen molar-refractivity contribution in [2.45, 2.75) is 20.3 Å². The molecule has 6 heteroatoms. The first kappa shape index (κ1) is 15.2. The zero-order chi connectivity index (χ0) is 15.6. The molecule has 0 aliphatic heterocycles. The molecular formula is C15H16F2N2O2. The van der Waals surface area contributed by atoms with Crippen molar-refractivity contribution >= 4 is 22.6 Å². The molecule has 0 bridgehead atoms. The molecule has 0 atom stereocenters. The Balaban J connectivity index is 2.44. The highest BCUT2D eigenvalue weighted by Gasteiger charge is 2.26. The number of aromatic nitrogens is 1. The number of Topliss-reactive ketones (excluding diaryl/α,β-unsaturated/α-hetero) is 1. The van der Waals surface area contributed by atoms with E-state index in [2.05, 4.69) is 4.98 Å². The molecule has 0 saturated carbocycles. The summed E-state index contributed by atoms with van der Waals surface area (Å²) in [6.45, 7) is 4.48. The van der Waals surface area contributed by atoms with Gasteiger partial charge in [0.15, 0.2) is 11.6 Å².